The number of rotatable bonds is 6. The molecule has 0 saturated heterocycles. The molecule has 0 N–H and O–H groups in total. The molecule has 0 heterocycles. The van der Waals surface area contributed by atoms with Gasteiger partial charge in [-0.05, 0) is 30.2 Å². The van der Waals surface area contributed by atoms with Crippen LogP contribution in [0.2, 0.25) is 0 Å². The molecule has 0 bridgehead atoms. The quantitative estimate of drug-likeness (QED) is 0.317. The van der Waals surface area contributed by atoms with Gasteiger partial charge in [0.25, 0.3) is 0 Å². The van der Waals surface area contributed by atoms with Crippen LogP contribution in [0.25, 0.3) is 29.4 Å². The van der Waals surface area contributed by atoms with E-state index in [4.69, 9.17) is 4.74 Å². The van der Waals surface area contributed by atoms with Crippen molar-refractivity contribution in [2.45, 2.75) is 6.92 Å². The lowest BCUT2D eigenvalue weighted by Crippen LogP contribution is -1.98. The van der Waals surface area contributed by atoms with Gasteiger partial charge in [0.1, 0.15) is 0 Å². The second-order valence-electron chi connectivity index (χ2n) is 6.20. The van der Waals surface area contributed by atoms with E-state index in [1.165, 1.54) is 36.4 Å². The van der Waals surface area contributed by atoms with Gasteiger partial charge in [0, 0.05) is 16.7 Å². The van der Waals surface area contributed by atoms with E-state index in [-0.39, 0.29) is 29.0 Å². The molecule has 148 valence electrons. The van der Waals surface area contributed by atoms with Crippen molar-refractivity contribution < 1.29 is 22.3 Å². The van der Waals surface area contributed by atoms with E-state index in [1.54, 1.807) is 37.3 Å². The minimum atomic E-state index is -1.03. The Kier molecular flexibility index (Phi) is 6.17. The first-order valence-corrected chi connectivity index (χ1v) is 8.96. The Morgan fingerprint density at radius 3 is 2.07 bits per heavy atom. The lowest BCUT2D eigenvalue weighted by molar-refractivity contribution is 0.314. The normalized spacial score (nSPS) is 11.1. The zero-order chi connectivity index (χ0) is 21.0. The van der Waals surface area contributed by atoms with Crippen molar-refractivity contribution in [3.63, 3.8) is 0 Å². The fourth-order valence-electron chi connectivity index (χ4n) is 2.85. The molecule has 0 aliphatic carbocycles. The van der Waals surface area contributed by atoms with E-state index >= 15 is 0 Å². The summed E-state index contributed by atoms with van der Waals surface area (Å²) in [6, 6.07) is 12.3. The molecule has 0 amide bonds. The van der Waals surface area contributed by atoms with Crippen molar-refractivity contribution in [3.05, 3.63) is 95.1 Å². The molecule has 0 fully saturated rings. The number of hydrogen-bond acceptors (Lipinski definition) is 1. The van der Waals surface area contributed by atoms with Crippen LogP contribution in [-0.2, 0) is 0 Å². The zero-order valence-corrected chi connectivity index (χ0v) is 15.7. The summed E-state index contributed by atoms with van der Waals surface area (Å²) in [6.07, 6.45) is 4.29. The van der Waals surface area contributed by atoms with Crippen molar-refractivity contribution in [2.75, 3.05) is 6.61 Å². The highest BCUT2D eigenvalue weighted by molar-refractivity contribution is 5.73. The molecule has 0 unspecified atom stereocenters. The molecule has 5 heteroatoms. The first-order chi connectivity index (χ1) is 14.0. The van der Waals surface area contributed by atoms with E-state index in [0.29, 0.717) is 11.1 Å². The zero-order valence-electron chi connectivity index (χ0n) is 15.7. The van der Waals surface area contributed by atoms with Gasteiger partial charge in [0.05, 0.1) is 6.61 Å². The van der Waals surface area contributed by atoms with Crippen LogP contribution in [0.1, 0.15) is 23.6 Å². The summed E-state index contributed by atoms with van der Waals surface area (Å²) in [5.74, 6) is -4.06. The molecule has 0 spiro atoms. The fraction of sp³-hybridized carbons (Fsp3) is 0.0833. The number of hydrogen-bond donors (Lipinski definition) is 0. The average molecular weight is 398 g/mol. The standard InChI is InChI=1S/C24H18F4O/c1-3-16-11-12-18(22(26)21(16)25)10-7-15-5-8-17(9-6-15)19-13-14-20(29-4-2)24(28)23(19)27/h3,5-14H,1,4H2,2H3/b10-7+. The lowest BCUT2D eigenvalue weighted by atomic mass is 10.0. The van der Waals surface area contributed by atoms with Gasteiger partial charge in [0.15, 0.2) is 23.2 Å². The van der Waals surface area contributed by atoms with E-state index in [2.05, 4.69) is 6.58 Å². The highest BCUT2D eigenvalue weighted by Crippen LogP contribution is 2.30. The maximum atomic E-state index is 14.3. The van der Waals surface area contributed by atoms with Gasteiger partial charge in [-0.15, -0.1) is 0 Å². The van der Waals surface area contributed by atoms with Gasteiger partial charge in [-0.2, -0.15) is 4.39 Å². The first kappa shape index (κ1) is 20.4. The maximum Gasteiger partial charge on any atom is 0.201 e. The van der Waals surface area contributed by atoms with Crippen LogP contribution in [0.5, 0.6) is 5.75 Å². The van der Waals surface area contributed by atoms with Crippen LogP contribution in [0.3, 0.4) is 0 Å². The topological polar surface area (TPSA) is 9.23 Å². The molecule has 0 aliphatic rings. The summed E-state index contributed by atoms with van der Waals surface area (Å²) >= 11 is 0. The van der Waals surface area contributed by atoms with Crippen LogP contribution < -0.4 is 4.74 Å². The van der Waals surface area contributed by atoms with Crippen LogP contribution in [-0.4, -0.2) is 6.61 Å². The van der Waals surface area contributed by atoms with Gasteiger partial charge in [-0.3, -0.25) is 0 Å². The third kappa shape index (κ3) is 4.24. The molecule has 0 radical (unpaired) electrons. The molecular weight excluding hydrogens is 380 g/mol. The average Bonchev–Trinajstić information content (AvgIpc) is 2.73. The van der Waals surface area contributed by atoms with Gasteiger partial charge >= 0.3 is 0 Å². The predicted molar refractivity (Wildman–Crippen MR) is 108 cm³/mol. The Morgan fingerprint density at radius 1 is 0.759 bits per heavy atom. The minimum Gasteiger partial charge on any atom is -0.491 e. The minimum absolute atomic E-state index is 0.0913. The van der Waals surface area contributed by atoms with E-state index in [9.17, 15) is 17.6 Å². The van der Waals surface area contributed by atoms with Crippen LogP contribution in [0.4, 0.5) is 17.6 Å². The largest absolute Gasteiger partial charge is 0.491 e. The molecule has 0 atom stereocenters. The van der Waals surface area contributed by atoms with Crippen LogP contribution >= 0.6 is 0 Å². The molecule has 3 rings (SSSR count). The first-order valence-electron chi connectivity index (χ1n) is 8.96. The lowest BCUT2D eigenvalue weighted by Gasteiger charge is -2.09. The predicted octanol–water partition coefficient (Wildman–Crippen LogP) is 7.12. The molecule has 3 aromatic rings. The van der Waals surface area contributed by atoms with E-state index in [1.807, 2.05) is 0 Å². The van der Waals surface area contributed by atoms with Crippen molar-refractivity contribution in [1.29, 1.82) is 0 Å². The number of halogens is 4. The molecular formula is C24H18F4O. The Bertz CT molecular complexity index is 1070. The number of benzene rings is 3. The van der Waals surface area contributed by atoms with Crippen molar-refractivity contribution in [2.24, 2.45) is 0 Å². The molecule has 0 aliphatic heterocycles. The summed E-state index contributed by atoms with van der Waals surface area (Å²) in [4.78, 5) is 0. The van der Waals surface area contributed by atoms with E-state index < -0.39 is 23.3 Å². The van der Waals surface area contributed by atoms with Gasteiger partial charge in [-0.1, -0.05) is 61.2 Å². The Morgan fingerprint density at radius 2 is 1.41 bits per heavy atom. The van der Waals surface area contributed by atoms with Crippen LogP contribution in [0.15, 0.2) is 55.1 Å². The summed E-state index contributed by atoms with van der Waals surface area (Å²) in [5.41, 5.74) is 1.46. The van der Waals surface area contributed by atoms with Crippen molar-refractivity contribution in [3.8, 4) is 16.9 Å². The Balaban J connectivity index is 1.84. The van der Waals surface area contributed by atoms with Gasteiger partial charge in [0.2, 0.25) is 5.82 Å². The molecule has 1 nitrogen and oxygen atoms in total. The Labute approximate surface area is 166 Å². The summed E-state index contributed by atoms with van der Waals surface area (Å²) in [6.45, 7) is 5.35. The molecule has 29 heavy (non-hydrogen) atoms. The smallest absolute Gasteiger partial charge is 0.201 e. The summed E-state index contributed by atoms with van der Waals surface area (Å²) in [5, 5.41) is 0. The van der Waals surface area contributed by atoms with Gasteiger partial charge in [-0.25, -0.2) is 13.2 Å². The fourth-order valence-corrected chi connectivity index (χ4v) is 2.85. The molecule has 0 aromatic heterocycles. The summed E-state index contributed by atoms with van der Waals surface area (Å²) in [7, 11) is 0. The van der Waals surface area contributed by atoms with Crippen molar-refractivity contribution in [1.82, 2.24) is 0 Å². The molecule has 3 aromatic carbocycles. The third-order valence-corrected chi connectivity index (χ3v) is 4.39. The van der Waals surface area contributed by atoms with Crippen LogP contribution in [0, 0.1) is 23.3 Å². The summed E-state index contributed by atoms with van der Waals surface area (Å²) < 4.78 is 61.3. The second-order valence-corrected chi connectivity index (χ2v) is 6.20. The SMILES string of the molecule is C=Cc1ccc(/C=C/c2ccc(-c3ccc(OCC)c(F)c3F)cc2)c(F)c1F. The highest BCUT2D eigenvalue weighted by atomic mass is 19.2. The van der Waals surface area contributed by atoms with E-state index in [0.717, 1.165) is 0 Å². The van der Waals surface area contributed by atoms with Gasteiger partial charge < -0.3 is 4.74 Å². The van der Waals surface area contributed by atoms with Crippen molar-refractivity contribution >= 4 is 18.2 Å². The number of ether oxygens (including phenoxy) is 1. The second kappa shape index (κ2) is 8.78. The monoisotopic (exact) mass is 398 g/mol. The Hall–Kier alpha value is -3.34. The highest BCUT2D eigenvalue weighted by Gasteiger charge is 2.15. The third-order valence-electron chi connectivity index (χ3n) is 4.39. The molecule has 0 saturated carbocycles. The maximum absolute atomic E-state index is 14.3.